The molecule has 2 heterocycles. The topological polar surface area (TPSA) is 46.9 Å². The maximum Gasteiger partial charge on any atom is 0.230 e. The summed E-state index contributed by atoms with van der Waals surface area (Å²) in [6.45, 7) is 2.87. The number of aromatic nitrogens is 2. The number of rotatable bonds is 3. The Balaban J connectivity index is 1.50. The summed E-state index contributed by atoms with van der Waals surface area (Å²) in [6, 6.07) is 10.5. The molecule has 0 bridgehead atoms. The van der Waals surface area contributed by atoms with Crippen LogP contribution in [0, 0.1) is 6.92 Å². The van der Waals surface area contributed by atoms with Crippen molar-refractivity contribution in [3.05, 3.63) is 53.6 Å². The lowest BCUT2D eigenvalue weighted by Gasteiger charge is -2.42. The lowest BCUT2D eigenvalue weighted by molar-refractivity contribution is -0.130. The Hall–Kier alpha value is -2.10. The zero-order chi connectivity index (χ0) is 15.9. The summed E-state index contributed by atoms with van der Waals surface area (Å²) in [5.41, 5.74) is 1.93. The molecule has 0 saturated heterocycles. The molecule has 4 heteroatoms. The highest BCUT2D eigenvalue weighted by atomic mass is 16.2. The number of nitrogens with one attached hydrogen (secondary N) is 1. The summed E-state index contributed by atoms with van der Waals surface area (Å²) in [4.78, 5) is 17.5. The van der Waals surface area contributed by atoms with Crippen molar-refractivity contribution in [2.45, 2.75) is 57.0 Å². The molecule has 120 valence electrons. The molecule has 2 aliphatic rings. The van der Waals surface area contributed by atoms with E-state index in [1.807, 2.05) is 25.1 Å². The predicted octanol–water partition coefficient (Wildman–Crippen LogP) is 2.74. The number of carbonyl (C=O) groups is 1. The van der Waals surface area contributed by atoms with Crippen LogP contribution in [-0.4, -0.2) is 21.5 Å². The molecule has 0 spiro atoms. The Morgan fingerprint density at radius 2 is 2.09 bits per heavy atom. The smallest absolute Gasteiger partial charge is 0.230 e. The molecule has 1 N–H and O–H groups in total. The van der Waals surface area contributed by atoms with Crippen molar-refractivity contribution >= 4 is 5.91 Å². The van der Waals surface area contributed by atoms with Gasteiger partial charge in [0, 0.05) is 25.2 Å². The minimum Gasteiger partial charge on any atom is -0.351 e. The van der Waals surface area contributed by atoms with Crippen LogP contribution in [0.2, 0.25) is 0 Å². The molecule has 1 unspecified atom stereocenters. The first-order valence-electron chi connectivity index (χ1n) is 8.56. The minimum absolute atomic E-state index is 0.209. The van der Waals surface area contributed by atoms with E-state index in [2.05, 4.69) is 33.2 Å². The number of carbonyl (C=O) groups excluding carboxylic acids is 1. The van der Waals surface area contributed by atoms with Crippen LogP contribution in [0.4, 0.5) is 0 Å². The maximum absolute atomic E-state index is 13.0. The van der Waals surface area contributed by atoms with Gasteiger partial charge in [0.15, 0.2) is 0 Å². The van der Waals surface area contributed by atoms with E-state index in [0.717, 1.165) is 50.2 Å². The molecule has 1 fully saturated rings. The molecule has 1 aromatic heterocycles. The molecule has 1 amide bonds. The normalized spacial score (nSPS) is 22.0. The Bertz CT molecular complexity index is 715. The lowest BCUT2D eigenvalue weighted by Crippen LogP contribution is -2.53. The van der Waals surface area contributed by atoms with Crippen molar-refractivity contribution in [1.29, 1.82) is 0 Å². The standard InChI is InChI=1S/C19H23N3O/c1-14-12-22-13-16(8-9-17(22)20-14)21-18(23)19(10-5-11-19)15-6-3-2-4-7-15/h2-4,6-7,12,16H,5,8-11,13H2,1H3,(H,21,23). The van der Waals surface area contributed by atoms with Gasteiger partial charge in [-0.1, -0.05) is 36.8 Å². The summed E-state index contributed by atoms with van der Waals surface area (Å²) < 4.78 is 2.19. The molecule has 1 aliphatic carbocycles. The average Bonchev–Trinajstić information content (AvgIpc) is 2.86. The predicted molar refractivity (Wildman–Crippen MR) is 89.2 cm³/mol. The summed E-state index contributed by atoms with van der Waals surface area (Å²) in [7, 11) is 0. The third-order valence-corrected chi connectivity index (χ3v) is 5.42. The monoisotopic (exact) mass is 309 g/mol. The molecule has 2 aromatic rings. The third kappa shape index (κ3) is 2.46. The van der Waals surface area contributed by atoms with E-state index in [9.17, 15) is 4.79 Å². The van der Waals surface area contributed by atoms with Crippen molar-refractivity contribution in [3.63, 3.8) is 0 Å². The van der Waals surface area contributed by atoms with Gasteiger partial charge in [-0.05, 0) is 31.7 Å². The van der Waals surface area contributed by atoms with E-state index in [-0.39, 0.29) is 17.4 Å². The van der Waals surface area contributed by atoms with E-state index < -0.39 is 0 Å². The van der Waals surface area contributed by atoms with E-state index in [1.54, 1.807) is 0 Å². The van der Waals surface area contributed by atoms with E-state index in [0.29, 0.717) is 0 Å². The first-order valence-corrected chi connectivity index (χ1v) is 8.56. The highest BCUT2D eigenvalue weighted by Crippen LogP contribution is 2.44. The van der Waals surface area contributed by atoms with E-state index in [1.165, 1.54) is 5.56 Å². The molecule has 0 radical (unpaired) electrons. The summed E-state index contributed by atoms with van der Waals surface area (Å²) >= 11 is 0. The van der Waals surface area contributed by atoms with Gasteiger partial charge in [-0.2, -0.15) is 0 Å². The lowest BCUT2D eigenvalue weighted by atomic mass is 9.63. The molecule has 1 atom stereocenters. The molecule has 23 heavy (non-hydrogen) atoms. The number of aryl methyl sites for hydroxylation is 2. The Kier molecular flexibility index (Phi) is 3.47. The average molecular weight is 309 g/mol. The highest BCUT2D eigenvalue weighted by Gasteiger charge is 2.46. The van der Waals surface area contributed by atoms with Crippen molar-refractivity contribution in [3.8, 4) is 0 Å². The number of hydrogen-bond acceptors (Lipinski definition) is 2. The minimum atomic E-state index is -0.299. The van der Waals surface area contributed by atoms with Crippen molar-refractivity contribution < 1.29 is 4.79 Å². The van der Waals surface area contributed by atoms with Gasteiger partial charge >= 0.3 is 0 Å². The number of hydrogen-bond donors (Lipinski definition) is 1. The molecule has 1 aromatic carbocycles. The fraction of sp³-hybridized carbons (Fsp3) is 0.474. The van der Waals surface area contributed by atoms with Gasteiger partial charge in [0.05, 0.1) is 11.1 Å². The molecule has 1 aliphatic heterocycles. The molecule has 4 nitrogen and oxygen atoms in total. The van der Waals surface area contributed by atoms with Gasteiger partial charge in [-0.15, -0.1) is 0 Å². The third-order valence-electron chi connectivity index (χ3n) is 5.42. The second-order valence-corrected chi connectivity index (χ2v) is 6.96. The number of benzene rings is 1. The van der Waals surface area contributed by atoms with Gasteiger partial charge in [0.1, 0.15) is 5.82 Å². The zero-order valence-electron chi connectivity index (χ0n) is 13.6. The van der Waals surface area contributed by atoms with Crippen LogP contribution in [0.3, 0.4) is 0 Å². The second kappa shape index (κ2) is 5.52. The van der Waals surface area contributed by atoms with Crippen molar-refractivity contribution in [2.75, 3.05) is 0 Å². The van der Waals surface area contributed by atoms with Crippen LogP contribution in [0.5, 0.6) is 0 Å². The SMILES string of the molecule is Cc1cn2c(n1)CCC(NC(=O)C1(c3ccccc3)CCC1)C2. The fourth-order valence-electron chi connectivity index (χ4n) is 3.96. The molecule has 1 saturated carbocycles. The Morgan fingerprint density at radius 3 is 2.78 bits per heavy atom. The second-order valence-electron chi connectivity index (χ2n) is 6.96. The number of fused-ring (bicyclic) bond motifs is 1. The van der Waals surface area contributed by atoms with Gasteiger partial charge in [0.2, 0.25) is 5.91 Å². The fourth-order valence-corrected chi connectivity index (χ4v) is 3.96. The first kappa shape index (κ1) is 14.5. The van der Waals surface area contributed by atoms with Crippen molar-refractivity contribution in [2.24, 2.45) is 0 Å². The molecule has 4 rings (SSSR count). The Morgan fingerprint density at radius 1 is 1.30 bits per heavy atom. The molecular weight excluding hydrogens is 286 g/mol. The van der Waals surface area contributed by atoms with Crippen LogP contribution in [0.1, 0.15) is 42.8 Å². The molecular formula is C19H23N3O. The summed E-state index contributed by atoms with van der Waals surface area (Å²) in [6.07, 6.45) is 7.07. The Labute approximate surface area is 136 Å². The van der Waals surface area contributed by atoms with Crippen LogP contribution in [0.15, 0.2) is 36.5 Å². The largest absolute Gasteiger partial charge is 0.351 e. The van der Waals surface area contributed by atoms with Crippen LogP contribution in [0.25, 0.3) is 0 Å². The van der Waals surface area contributed by atoms with Crippen LogP contribution >= 0.6 is 0 Å². The summed E-state index contributed by atoms with van der Waals surface area (Å²) in [5, 5.41) is 3.32. The highest BCUT2D eigenvalue weighted by molar-refractivity contribution is 5.89. The van der Waals surface area contributed by atoms with Gasteiger partial charge in [0.25, 0.3) is 0 Å². The van der Waals surface area contributed by atoms with Gasteiger partial charge in [-0.3, -0.25) is 4.79 Å². The summed E-state index contributed by atoms with van der Waals surface area (Å²) in [5.74, 6) is 1.36. The maximum atomic E-state index is 13.0. The zero-order valence-corrected chi connectivity index (χ0v) is 13.6. The number of imidazole rings is 1. The van der Waals surface area contributed by atoms with Gasteiger partial charge in [-0.25, -0.2) is 4.98 Å². The first-order chi connectivity index (χ1) is 11.2. The number of amides is 1. The quantitative estimate of drug-likeness (QED) is 0.947. The number of nitrogens with zero attached hydrogens (tertiary/aromatic N) is 2. The van der Waals surface area contributed by atoms with Crippen LogP contribution < -0.4 is 5.32 Å². The van der Waals surface area contributed by atoms with E-state index in [4.69, 9.17) is 0 Å². The van der Waals surface area contributed by atoms with Crippen LogP contribution in [-0.2, 0) is 23.2 Å². The van der Waals surface area contributed by atoms with E-state index >= 15 is 0 Å². The van der Waals surface area contributed by atoms with Gasteiger partial charge < -0.3 is 9.88 Å². The van der Waals surface area contributed by atoms with Crippen molar-refractivity contribution in [1.82, 2.24) is 14.9 Å².